The van der Waals surface area contributed by atoms with Gasteiger partial charge in [0.05, 0.1) is 5.69 Å². The zero-order chi connectivity index (χ0) is 30.9. The first-order valence-corrected chi connectivity index (χ1v) is 15.3. The molecule has 0 aromatic heterocycles. The van der Waals surface area contributed by atoms with Crippen molar-refractivity contribution >= 4 is 35.6 Å². The van der Waals surface area contributed by atoms with E-state index in [1.165, 1.54) is 0 Å². The number of para-hydroxylation sites is 1. The Bertz CT molecular complexity index is 1430. The SMILES string of the molecule is CN(CCCC(=O)Nc1ccc(C=O)cc1)C(=O)CCN1CC2CC(OC(=O)Nc3ccccc3-c3ccccc3)CC2C1. The molecular formula is C35H40N4O5. The average Bonchev–Trinajstić information content (AvgIpc) is 3.59. The van der Waals surface area contributed by atoms with Gasteiger partial charge in [0.2, 0.25) is 11.8 Å². The zero-order valence-electron chi connectivity index (χ0n) is 25.1. The van der Waals surface area contributed by atoms with Crippen molar-refractivity contribution in [2.24, 2.45) is 11.8 Å². The molecule has 2 N–H and O–H groups in total. The van der Waals surface area contributed by atoms with Gasteiger partial charge in [-0.1, -0.05) is 48.5 Å². The number of carbonyl (C=O) groups is 4. The molecule has 9 nitrogen and oxygen atoms in total. The van der Waals surface area contributed by atoms with Crippen LogP contribution in [0.3, 0.4) is 0 Å². The molecule has 1 saturated carbocycles. The highest BCUT2D eigenvalue weighted by molar-refractivity contribution is 5.92. The fraction of sp³-hybridized carbons (Fsp3) is 0.371. The summed E-state index contributed by atoms with van der Waals surface area (Å²) in [5.41, 5.74) is 3.92. The molecule has 1 saturated heterocycles. The third kappa shape index (κ3) is 8.32. The molecule has 0 bridgehead atoms. The number of anilines is 2. The van der Waals surface area contributed by atoms with Crippen molar-refractivity contribution in [1.29, 1.82) is 0 Å². The molecule has 2 aliphatic rings. The lowest BCUT2D eigenvalue weighted by atomic mass is 10.0. The maximum Gasteiger partial charge on any atom is 0.411 e. The van der Waals surface area contributed by atoms with Gasteiger partial charge in [0.15, 0.2) is 0 Å². The molecule has 1 aliphatic carbocycles. The Balaban J connectivity index is 0.976. The molecule has 230 valence electrons. The van der Waals surface area contributed by atoms with E-state index in [9.17, 15) is 19.2 Å². The summed E-state index contributed by atoms with van der Waals surface area (Å²) in [6.07, 6.45) is 3.23. The van der Waals surface area contributed by atoms with Gasteiger partial charge in [0, 0.05) is 62.9 Å². The Morgan fingerprint density at radius 2 is 1.57 bits per heavy atom. The Hall–Kier alpha value is -4.50. The van der Waals surface area contributed by atoms with Crippen LogP contribution in [0.15, 0.2) is 78.9 Å². The van der Waals surface area contributed by atoms with E-state index in [-0.39, 0.29) is 17.9 Å². The number of ether oxygens (including phenoxy) is 1. The predicted molar refractivity (Wildman–Crippen MR) is 170 cm³/mol. The first-order valence-electron chi connectivity index (χ1n) is 15.3. The van der Waals surface area contributed by atoms with Gasteiger partial charge in [-0.05, 0) is 67.0 Å². The van der Waals surface area contributed by atoms with E-state index in [2.05, 4.69) is 15.5 Å². The standard InChI is InChI=1S/C35H40N4O5/c1-38(18-7-12-33(41)36-29-15-13-25(24-40)14-16-29)34(42)17-19-39-22-27-20-30(21-28(27)23-39)44-35(43)37-32-11-6-5-10-31(32)26-8-3-2-4-9-26/h2-6,8-11,13-16,24,27-28,30H,7,12,17-23H2,1H3,(H,36,41)(H,37,43). The van der Waals surface area contributed by atoms with Crippen LogP contribution < -0.4 is 10.6 Å². The number of likely N-dealkylation sites (tertiary alicyclic amines) is 1. The number of fused-ring (bicyclic) bond motifs is 1. The minimum atomic E-state index is -0.422. The predicted octanol–water partition coefficient (Wildman–Crippen LogP) is 5.69. The maximum absolute atomic E-state index is 12.8. The number of nitrogens with one attached hydrogen (secondary N) is 2. The van der Waals surface area contributed by atoms with Crippen LogP contribution in [0.25, 0.3) is 11.1 Å². The van der Waals surface area contributed by atoms with Crippen LogP contribution in [-0.4, -0.2) is 73.3 Å². The molecule has 2 fully saturated rings. The van der Waals surface area contributed by atoms with Gasteiger partial charge in [-0.3, -0.25) is 19.7 Å². The van der Waals surface area contributed by atoms with Crippen LogP contribution in [0.1, 0.15) is 42.5 Å². The molecular weight excluding hydrogens is 556 g/mol. The fourth-order valence-electron chi connectivity index (χ4n) is 6.29. The van der Waals surface area contributed by atoms with Gasteiger partial charge in [0.25, 0.3) is 0 Å². The molecule has 0 spiro atoms. The molecule has 2 unspecified atom stereocenters. The first-order chi connectivity index (χ1) is 21.4. The number of aldehydes is 1. The Morgan fingerprint density at radius 1 is 0.886 bits per heavy atom. The topological polar surface area (TPSA) is 108 Å². The van der Waals surface area contributed by atoms with Crippen molar-refractivity contribution in [2.75, 3.05) is 43.9 Å². The van der Waals surface area contributed by atoms with Crippen molar-refractivity contribution in [1.82, 2.24) is 9.80 Å². The van der Waals surface area contributed by atoms with E-state index in [1.54, 1.807) is 36.2 Å². The highest BCUT2D eigenvalue weighted by Crippen LogP contribution is 2.39. The van der Waals surface area contributed by atoms with Crippen LogP contribution in [0.4, 0.5) is 16.2 Å². The summed E-state index contributed by atoms with van der Waals surface area (Å²) in [5, 5.41) is 5.76. The number of hydrogen-bond acceptors (Lipinski definition) is 6. The quantitative estimate of drug-likeness (QED) is 0.260. The second-order valence-corrected chi connectivity index (χ2v) is 11.8. The highest BCUT2D eigenvalue weighted by atomic mass is 16.6. The molecule has 2 atom stereocenters. The third-order valence-corrected chi connectivity index (χ3v) is 8.60. The number of hydrogen-bond donors (Lipinski definition) is 2. The lowest BCUT2D eigenvalue weighted by molar-refractivity contribution is -0.130. The molecule has 9 heteroatoms. The summed E-state index contributed by atoms with van der Waals surface area (Å²) in [5.74, 6) is 0.876. The Labute approximate surface area is 258 Å². The zero-order valence-corrected chi connectivity index (χ0v) is 25.1. The highest BCUT2D eigenvalue weighted by Gasteiger charge is 2.42. The third-order valence-electron chi connectivity index (χ3n) is 8.60. The van der Waals surface area contributed by atoms with E-state index in [4.69, 9.17) is 4.74 Å². The molecule has 5 rings (SSSR count). The minimum Gasteiger partial charge on any atom is -0.446 e. The van der Waals surface area contributed by atoms with Crippen LogP contribution >= 0.6 is 0 Å². The molecule has 3 aromatic rings. The summed E-state index contributed by atoms with van der Waals surface area (Å²) in [6, 6.07) is 24.4. The van der Waals surface area contributed by atoms with Gasteiger partial charge in [0.1, 0.15) is 12.4 Å². The fourth-order valence-corrected chi connectivity index (χ4v) is 6.29. The second kappa shape index (κ2) is 14.8. The summed E-state index contributed by atoms with van der Waals surface area (Å²) in [4.78, 5) is 52.5. The normalized spacial score (nSPS) is 19.2. The molecule has 1 aliphatic heterocycles. The first kappa shape index (κ1) is 30.9. The van der Waals surface area contributed by atoms with Gasteiger partial charge in [-0.2, -0.15) is 0 Å². The van der Waals surface area contributed by atoms with E-state index in [1.807, 2.05) is 54.6 Å². The molecule has 0 radical (unpaired) electrons. The summed E-state index contributed by atoms with van der Waals surface area (Å²) in [6.45, 7) is 3.04. The molecule has 1 heterocycles. The molecule has 3 aromatic carbocycles. The van der Waals surface area contributed by atoms with E-state index in [0.29, 0.717) is 55.4 Å². The molecule has 3 amide bonds. The minimum absolute atomic E-state index is 0.0700. The number of rotatable bonds is 12. The summed E-state index contributed by atoms with van der Waals surface area (Å²) < 4.78 is 5.83. The number of nitrogens with zero attached hydrogens (tertiary/aromatic N) is 2. The summed E-state index contributed by atoms with van der Waals surface area (Å²) in [7, 11) is 1.78. The van der Waals surface area contributed by atoms with Gasteiger partial charge < -0.3 is 19.9 Å². The van der Waals surface area contributed by atoms with Gasteiger partial charge in [-0.25, -0.2) is 4.79 Å². The van der Waals surface area contributed by atoms with Gasteiger partial charge >= 0.3 is 6.09 Å². The van der Waals surface area contributed by atoms with E-state index >= 15 is 0 Å². The average molecular weight is 597 g/mol. The summed E-state index contributed by atoms with van der Waals surface area (Å²) >= 11 is 0. The molecule has 44 heavy (non-hydrogen) atoms. The van der Waals surface area contributed by atoms with E-state index in [0.717, 1.165) is 49.0 Å². The number of carbonyl (C=O) groups excluding carboxylic acids is 4. The van der Waals surface area contributed by atoms with Crippen molar-refractivity contribution in [3.63, 3.8) is 0 Å². The lowest BCUT2D eigenvalue weighted by Crippen LogP contribution is -2.33. The van der Waals surface area contributed by atoms with Crippen molar-refractivity contribution in [3.8, 4) is 11.1 Å². The number of benzene rings is 3. The lowest BCUT2D eigenvalue weighted by Gasteiger charge is -2.21. The van der Waals surface area contributed by atoms with Crippen molar-refractivity contribution < 1.29 is 23.9 Å². The van der Waals surface area contributed by atoms with Crippen LogP contribution in [0, 0.1) is 11.8 Å². The van der Waals surface area contributed by atoms with Crippen molar-refractivity contribution in [3.05, 3.63) is 84.4 Å². The Morgan fingerprint density at radius 3 is 2.27 bits per heavy atom. The second-order valence-electron chi connectivity index (χ2n) is 11.8. The monoisotopic (exact) mass is 596 g/mol. The van der Waals surface area contributed by atoms with Crippen LogP contribution in [-0.2, 0) is 14.3 Å². The largest absolute Gasteiger partial charge is 0.446 e. The number of amides is 3. The van der Waals surface area contributed by atoms with Crippen molar-refractivity contribution in [2.45, 2.75) is 38.2 Å². The van der Waals surface area contributed by atoms with E-state index < -0.39 is 6.09 Å². The Kier molecular flexibility index (Phi) is 10.4. The van der Waals surface area contributed by atoms with Crippen LogP contribution in [0.2, 0.25) is 0 Å². The van der Waals surface area contributed by atoms with Crippen LogP contribution in [0.5, 0.6) is 0 Å². The van der Waals surface area contributed by atoms with Gasteiger partial charge in [-0.15, -0.1) is 0 Å². The maximum atomic E-state index is 12.8. The smallest absolute Gasteiger partial charge is 0.411 e.